The van der Waals surface area contributed by atoms with Crippen molar-refractivity contribution in [2.45, 2.75) is 37.2 Å². The molecule has 0 radical (unpaired) electrons. The first-order chi connectivity index (χ1) is 13.8. The Morgan fingerprint density at radius 2 is 1.57 bits per heavy atom. The molecule has 0 spiro atoms. The zero-order valence-electron chi connectivity index (χ0n) is 17.7. The number of nitrogens with zero attached hydrogens (tertiary/aromatic N) is 1. The summed E-state index contributed by atoms with van der Waals surface area (Å²) in [5.74, 6) is -1.86. The van der Waals surface area contributed by atoms with E-state index in [1.807, 2.05) is 0 Å². The molecule has 0 saturated carbocycles. The van der Waals surface area contributed by atoms with Gasteiger partial charge in [-0.3, -0.25) is 4.79 Å². The highest BCUT2D eigenvalue weighted by Gasteiger charge is 2.24. The van der Waals surface area contributed by atoms with E-state index in [0.29, 0.717) is 0 Å². The third kappa shape index (κ3) is 6.07. The minimum atomic E-state index is -3.71. The molecule has 0 aliphatic carbocycles. The number of sulfonamides is 1. The van der Waals surface area contributed by atoms with Gasteiger partial charge >= 0.3 is 0 Å². The van der Waals surface area contributed by atoms with Crippen molar-refractivity contribution in [3.63, 3.8) is 0 Å². The number of halogens is 2. The van der Waals surface area contributed by atoms with Gasteiger partial charge in [-0.25, -0.2) is 21.9 Å². The van der Waals surface area contributed by atoms with Crippen LogP contribution in [0, 0.1) is 11.6 Å². The first kappa shape index (κ1) is 23.9. The second-order valence-corrected chi connectivity index (χ2v) is 9.89. The van der Waals surface area contributed by atoms with Crippen molar-refractivity contribution < 1.29 is 22.0 Å². The van der Waals surface area contributed by atoms with Gasteiger partial charge in [0.2, 0.25) is 10.0 Å². The minimum Gasteiger partial charge on any atom is -0.350 e. The lowest BCUT2D eigenvalue weighted by Gasteiger charge is -2.26. The molecule has 0 bridgehead atoms. The normalized spacial score (nSPS) is 13.3. The zero-order chi connectivity index (χ0) is 22.7. The minimum absolute atomic E-state index is 0.0324. The fourth-order valence-corrected chi connectivity index (χ4v) is 4.33. The molecule has 6 nitrogen and oxygen atoms in total. The summed E-state index contributed by atoms with van der Waals surface area (Å²) < 4.78 is 55.5. The van der Waals surface area contributed by atoms with Crippen LogP contribution in [-0.2, 0) is 10.0 Å². The van der Waals surface area contributed by atoms with Crippen molar-refractivity contribution in [1.29, 1.82) is 0 Å². The molecule has 0 fully saturated rings. The summed E-state index contributed by atoms with van der Waals surface area (Å²) in [4.78, 5) is 14.1. The lowest BCUT2D eigenvalue weighted by atomic mass is 10.0. The number of likely N-dealkylation sites (N-methyl/N-ethyl adjacent to an activating group) is 1. The SMILES string of the molecule is CN(C)C(CNC(=O)c1ccc(S(=O)(=O)NC(C)(C)C)cc1)c1c(F)cccc1F. The number of hydrogen-bond acceptors (Lipinski definition) is 4. The molecule has 0 aromatic heterocycles. The molecule has 2 aromatic rings. The Balaban J connectivity index is 2.14. The lowest BCUT2D eigenvalue weighted by molar-refractivity contribution is 0.0940. The summed E-state index contributed by atoms with van der Waals surface area (Å²) in [5.41, 5.74) is -0.536. The maximum absolute atomic E-state index is 14.1. The Morgan fingerprint density at radius 1 is 1.03 bits per heavy atom. The van der Waals surface area contributed by atoms with Crippen LogP contribution >= 0.6 is 0 Å². The van der Waals surface area contributed by atoms with Crippen molar-refractivity contribution in [3.05, 3.63) is 65.2 Å². The average Bonchev–Trinajstić information content (AvgIpc) is 2.61. The summed E-state index contributed by atoms with van der Waals surface area (Å²) in [6, 6.07) is 8.35. The Bertz CT molecular complexity index is 981. The zero-order valence-corrected chi connectivity index (χ0v) is 18.5. The van der Waals surface area contributed by atoms with Crippen LogP contribution < -0.4 is 10.0 Å². The number of benzene rings is 2. The van der Waals surface area contributed by atoms with Gasteiger partial charge in [-0.15, -0.1) is 0 Å². The summed E-state index contributed by atoms with van der Waals surface area (Å²) in [6.07, 6.45) is 0. The van der Waals surface area contributed by atoms with Gasteiger partial charge in [-0.2, -0.15) is 0 Å². The molecule has 9 heteroatoms. The van der Waals surface area contributed by atoms with Crippen LogP contribution in [0.3, 0.4) is 0 Å². The van der Waals surface area contributed by atoms with E-state index in [-0.39, 0.29) is 22.6 Å². The predicted octanol–water partition coefficient (Wildman–Crippen LogP) is 3.07. The van der Waals surface area contributed by atoms with Crippen LogP contribution in [0.5, 0.6) is 0 Å². The molecule has 0 aliphatic rings. The van der Waals surface area contributed by atoms with Crippen LogP contribution in [0.15, 0.2) is 47.4 Å². The smallest absolute Gasteiger partial charge is 0.251 e. The second-order valence-electron chi connectivity index (χ2n) is 8.20. The van der Waals surface area contributed by atoms with Crippen LogP contribution in [0.2, 0.25) is 0 Å². The molecule has 164 valence electrons. The quantitative estimate of drug-likeness (QED) is 0.695. The van der Waals surface area contributed by atoms with Gasteiger partial charge in [0.25, 0.3) is 5.91 Å². The van der Waals surface area contributed by atoms with Crippen molar-refractivity contribution in [2.24, 2.45) is 0 Å². The van der Waals surface area contributed by atoms with E-state index in [4.69, 9.17) is 0 Å². The molecule has 2 rings (SSSR count). The van der Waals surface area contributed by atoms with Gasteiger partial charge in [-0.1, -0.05) is 6.07 Å². The van der Waals surface area contributed by atoms with Gasteiger partial charge in [0.15, 0.2) is 0 Å². The third-order valence-corrected chi connectivity index (χ3v) is 6.05. The first-order valence-corrected chi connectivity index (χ1v) is 10.8. The highest BCUT2D eigenvalue weighted by Crippen LogP contribution is 2.24. The van der Waals surface area contributed by atoms with E-state index in [1.54, 1.807) is 39.8 Å². The average molecular weight is 440 g/mol. The van der Waals surface area contributed by atoms with Crippen LogP contribution in [0.1, 0.15) is 42.7 Å². The van der Waals surface area contributed by atoms with Gasteiger partial charge in [0.1, 0.15) is 11.6 Å². The van der Waals surface area contributed by atoms with E-state index < -0.39 is 39.1 Å². The standard InChI is InChI=1S/C21H27F2N3O3S/c1-21(2,3)25-30(28,29)15-11-9-14(10-12-15)20(27)24-13-18(26(4)5)19-16(22)7-6-8-17(19)23/h6-12,18,25H,13H2,1-5H3,(H,24,27). The molecule has 1 amide bonds. The Hall–Kier alpha value is -2.36. The molecule has 1 unspecified atom stereocenters. The lowest BCUT2D eigenvalue weighted by Crippen LogP contribution is -2.40. The highest BCUT2D eigenvalue weighted by atomic mass is 32.2. The topological polar surface area (TPSA) is 78.5 Å². The Labute approximate surface area is 176 Å². The fourth-order valence-electron chi connectivity index (χ4n) is 2.91. The van der Waals surface area contributed by atoms with E-state index in [1.165, 1.54) is 42.5 Å². The fraction of sp³-hybridized carbons (Fsp3) is 0.381. The third-order valence-electron chi connectivity index (χ3n) is 4.28. The summed E-state index contributed by atoms with van der Waals surface area (Å²) in [5, 5.41) is 2.65. The second kappa shape index (κ2) is 9.20. The monoisotopic (exact) mass is 439 g/mol. The van der Waals surface area contributed by atoms with Gasteiger partial charge < -0.3 is 10.2 Å². The summed E-state index contributed by atoms with van der Waals surface area (Å²) in [6.45, 7) is 5.15. The van der Waals surface area contributed by atoms with Crippen molar-refractivity contribution in [3.8, 4) is 0 Å². The number of amides is 1. The largest absolute Gasteiger partial charge is 0.350 e. The molecular weight excluding hydrogens is 412 g/mol. The Kier molecular flexibility index (Phi) is 7.33. The van der Waals surface area contributed by atoms with Gasteiger partial charge in [-0.05, 0) is 71.3 Å². The van der Waals surface area contributed by atoms with E-state index in [0.717, 1.165) is 0 Å². The predicted molar refractivity (Wildman–Crippen MR) is 112 cm³/mol. The Morgan fingerprint density at radius 3 is 2.03 bits per heavy atom. The van der Waals surface area contributed by atoms with Crippen molar-refractivity contribution in [1.82, 2.24) is 14.9 Å². The molecule has 2 aromatic carbocycles. The van der Waals surface area contributed by atoms with E-state index in [9.17, 15) is 22.0 Å². The first-order valence-electron chi connectivity index (χ1n) is 9.34. The highest BCUT2D eigenvalue weighted by molar-refractivity contribution is 7.89. The molecule has 2 N–H and O–H groups in total. The summed E-state index contributed by atoms with van der Waals surface area (Å²) in [7, 11) is -0.400. The van der Waals surface area contributed by atoms with Crippen molar-refractivity contribution in [2.75, 3.05) is 20.6 Å². The molecule has 1 atom stereocenters. The van der Waals surface area contributed by atoms with Gasteiger partial charge in [0.05, 0.1) is 10.9 Å². The molecule has 30 heavy (non-hydrogen) atoms. The van der Waals surface area contributed by atoms with E-state index in [2.05, 4.69) is 10.0 Å². The maximum Gasteiger partial charge on any atom is 0.251 e. The van der Waals surface area contributed by atoms with E-state index >= 15 is 0 Å². The van der Waals surface area contributed by atoms with Crippen molar-refractivity contribution >= 4 is 15.9 Å². The number of carbonyl (C=O) groups excluding carboxylic acids is 1. The van der Waals surface area contributed by atoms with Crippen LogP contribution in [0.4, 0.5) is 8.78 Å². The maximum atomic E-state index is 14.1. The number of rotatable bonds is 7. The molecule has 0 saturated heterocycles. The molecule has 0 heterocycles. The molecular formula is C21H27F2N3O3S. The molecule has 0 aliphatic heterocycles. The number of hydrogen-bond donors (Lipinski definition) is 2. The summed E-state index contributed by atoms with van der Waals surface area (Å²) >= 11 is 0. The number of nitrogens with one attached hydrogen (secondary N) is 2. The van der Waals surface area contributed by atoms with Crippen LogP contribution in [0.25, 0.3) is 0 Å². The number of carbonyl (C=O) groups is 1. The van der Waals surface area contributed by atoms with Crippen LogP contribution in [-0.4, -0.2) is 45.4 Å². The van der Waals surface area contributed by atoms with Gasteiger partial charge in [0, 0.05) is 23.2 Å².